The van der Waals surface area contributed by atoms with Crippen LogP contribution in [-0.2, 0) is 0 Å². The van der Waals surface area contributed by atoms with Crippen molar-refractivity contribution in [3.63, 3.8) is 0 Å². The van der Waals surface area contributed by atoms with Crippen LogP contribution in [0.3, 0.4) is 0 Å². The van der Waals surface area contributed by atoms with E-state index in [4.69, 9.17) is 11.5 Å². The summed E-state index contributed by atoms with van der Waals surface area (Å²) in [7, 11) is 0. The normalized spacial score (nSPS) is 21.8. The maximum absolute atomic E-state index is 6.41. The highest BCUT2D eigenvalue weighted by Gasteiger charge is 2.31. The summed E-state index contributed by atoms with van der Waals surface area (Å²) in [5.74, 6) is 1.14. The summed E-state index contributed by atoms with van der Waals surface area (Å²) in [6.07, 6.45) is 6.70. The van der Waals surface area contributed by atoms with Crippen molar-refractivity contribution in [3.8, 4) is 0 Å². The summed E-state index contributed by atoms with van der Waals surface area (Å²) >= 11 is 0. The molecule has 3 nitrogen and oxygen atoms in total. The van der Waals surface area contributed by atoms with Gasteiger partial charge in [-0.25, -0.2) is 4.98 Å². The zero-order valence-electron chi connectivity index (χ0n) is 11.7. The number of nitrogens with zero attached hydrogens (tertiary/aromatic N) is 1. The largest absolute Gasteiger partial charge is 0.383 e. The summed E-state index contributed by atoms with van der Waals surface area (Å²) in [4.78, 5) is 4.22. The Hall–Kier alpha value is -1.09. The quantitative estimate of drug-likeness (QED) is 0.843. The number of anilines is 1. The average molecular weight is 247 g/mol. The van der Waals surface area contributed by atoms with E-state index >= 15 is 0 Å². The summed E-state index contributed by atoms with van der Waals surface area (Å²) in [6, 6.07) is 2.13. The Balaban J connectivity index is 2.12. The minimum atomic E-state index is 0.0356. The van der Waals surface area contributed by atoms with E-state index in [0.29, 0.717) is 17.2 Å². The Kier molecular flexibility index (Phi) is 3.62. The molecule has 0 aromatic carbocycles. The molecule has 0 amide bonds. The second-order valence-corrected chi connectivity index (χ2v) is 6.51. The Morgan fingerprint density at radius 2 is 1.94 bits per heavy atom. The predicted octanol–water partition coefficient (Wildman–Crippen LogP) is 3.19. The molecule has 2 rings (SSSR count). The molecule has 18 heavy (non-hydrogen) atoms. The van der Waals surface area contributed by atoms with Crippen molar-refractivity contribution >= 4 is 5.82 Å². The van der Waals surface area contributed by atoms with E-state index in [0.717, 1.165) is 11.1 Å². The number of nitrogen functional groups attached to an aromatic ring is 1. The zero-order valence-corrected chi connectivity index (χ0v) is 11.7. The van der Waals surface area contributed by atoms with Gasteiger partial charge in [-0.2, -0.15) is 0 Å². The first-order chi connectivity index (χ1) is 8.39. The van der Waals surface area contributed by atoms with Gasteiger partial charge < -0.3 is 11.5 Å². The summed E-state index contributed by atoms with van der Waals surface area (Å²) < 4.78 is 0. The molecule has 1 aliphatic rings. The molecule has 1 fully saturated rings. The minimum absolute atomic E-state index is 0.0356. The Bertz CT molecular complexity index is 416. The molecule has 0 aliphatic heterocycles. The van der Waals surface area contributed by atoms with Crippen LogP contribution in [-0.4, -0.2) is 4.98 Å². The van der Waals surface area contributed by atoms with Crippen LogP contribution in [0, 0.1) is 18.3 Å². The van der Waals surface area contributed by atoms with Crippen LogP contribution in [0.1, 0.15) is 56.7 Å². The number of nitrogens with two attached hydrogens (primary N) is 2. The lowest BCUT2D eigenvalue weighted by Gasteiger charge is -2.37. The van der Waals surface area contributed by atoms with Crippen LogP contribution in [0.2, 0.25) is 0 Å². The molecule has 1 aromatic heterocycles. The molecule has 0 spiro atoms. The van der Waals surface area contributed by atoms with Crippen molar-refractivity contribution in [2.45, 2.75) is 52.5 Å². The number of hydrogen-bond acceptors (Lipinski definition) is 3. The van der Waals surface area contributed by atoms with Gasteiger partial charge in [0.1, 0.15) is 5.82 Å². The molecular weight excluding hydrogens is 222 g/mol. The smallest absolute Gasteiger partial charge is 0.128 e. The first kappa shape index (κ1) is 13.3. The highest BCUT2D eigenvalue weighted by molar-refractivity contribution is 5.43. The fraction of sp³-hybridized carbons (Fsp3) is 0.667. The third-order valence-electron chi connectivity index (χ3n) is 4.34. The van der Waals surface area contributed by atoms with E-state index in [-0.39, 0.29) is 6.04 Å². The Morgan fingerprint density at radius 3 is 2.56 bits per heavy atom. The number of aryl methyl sites for hydroxylation is 1. The summed E-state index contributed by atoms with van der Waals surface area (Å²) in [5.41, 5.74) is 15.0. The molecule has 4 N–H and O–H groups in total. The van der Waals surface area contributed by atoms with Crippen LogP contribution >= 0.6 is 0 Å². The van der Waals surface area contributed by atoms with Crippen molar-refractivity contribution < 1.29 is 0 Å². The topological polar surface area (TPSA) is 64.9 Å². The van der Waals surface area contributed by atoms with Gasteiger partial charge >= 0.3 is 0 Å². The van der Waals surface area contributed by atoms with E-state index in [1.54, 1.807) is 6.20 Å². The van der Waals surface area contributed by atoms with Crippen LogP contribution < -0.4 is 11.5 Å². The van der Waals surface area contributed by atoms with E-state index in [1.165, 1.54) is 25.7 Å². The van der Waals surface area contributed by atoms with Gasteiger partial charge in [-0.3, -0.25) is 0 Å². The van der Waals surface area contributed by atoms with Crippen LogP contribution in [0.15, 0.2) is 12.3 Å². The molecule has 1 unspecified atom stereocenters. The maximum Gasteiger partial charge on any atom is 0.128 e. The van der Waals surface area contributed by atoms with Gasteiger partial charge in [0.25, 0.3) is 0 Å². The van der Waals surface area contributed by atoms with E-state index in [1.807, 2.05) is 6.92 Å². The van der Waals surface area contributed by atoms with Crippen molar-refractivity contribution in [1.82, 2.24) is 4.98 Å². The van der Waals surface area contributed by atoms with Crippen LogP contribution in [0.4, 0.5) is 5.82 Å². The molecule has 0 radical (unpaired) electrons. The first-order valence-corrected chi connectivity index (χ1v) is 6.87. The van der Waals surface area contributed by atoms with Gasteiger partial charge in [-0.15, -0.1) is 0 Å². The zero-order chi connectivity index (χ0) is 13.3. The molecule has 1 aromatic rings. The second-order valence-electron chi connectivity index (χ2n) is 6.51. The second kappa shape index (κ2) is 4.88. The molecule has 100 valence electrons. The van der Waals surface area contributed by atoms with Gasteiger partial charge in [0, 0.05) is 17.8 Å². The minimum Gasteiger partial charge on any atom is -0.383 e. The lowest BCUT2D eigenvalue weighted by atomic mass is 9.70. The molecule has 0 bridgehead atoms. The van der Waals surface area contributed by atoms with Gasteiger partial charge in [-0.05, 0) is 55.6 Å². The van der Waals surface area contributed by atoms with Crippen molar-refractivity contribution in [1.29, 1.82) is 0 Å². The van der Waals surface area contributed by atoms with Gasteiger partial charge in [-0.1, -0.05) is 13.8 Å². The molecule has 0 saturated heterocycles. The van der Waals surface area contributed by atoms with Gasteiger partial charge in [0.2, 0.25) is 0 Å². The van der Waals surface area contributed by atoms with Crippen LogP contribution in [0.25, 0.3) is 0 Å². The lowest BCUT2D eigenvalue weighted by molar-refractivity contribution is 0.173. The third-order valence-corrected chi connectivity index (χ3v) is 4.34. The highest BCUT2D eigenvalue weighted by atomic mass is 14.8. The van der Waals surface area contributed by atoms with Crippen LogP contribution in [0.5, 0.6) is 0 Å². The predicted molar refractivity (Wildman–Crippen MR) is 76.1 cm³/mol. The van der Waals surface area contributed by atoms with Gasteiger partial charge in [0.05, 0.1) is 0 Å². The standard InChI is InChI=1S/C15H25N3/c1-10-8-12(14(17)18-9-10)13(16)11-4-6-15(2,3)7-5-11/h8-9,11,13H,4-7,16H2,1-3H3,(H2,17,18). The Morgan fingerprint density at radius 1 is 1.33 bits per heavy atom. The average Bonchev–Trinajstić information content (AvgIpc) is 2.31. The summed E-state index contributed by atoms with van der Waals surface area (Å²) in [5, 5.41) is 0. The van der Waals surface area contributed by atoms with Crippen molar-refractivity contribution in [2.75, 3.05) is 5.73 Å². The highest BCUT2D eigenvalue weighted by Crippen LogP contribution is 2.42. The maximum atomic E-state index is 6.41. The van der Waals surface area contributed by atoms with Crippen molar-refractivity contribution in [2.24, 2.45) is 17.1 Å². The first-order valence-electron chi connectivity index (χ1n) is 6.87. The molecule has 1 atom stereocenters. The lowest BCUT2D eigenvalue weighted by Crippen LogP contribution is -2.29. The number of pyridine rings is 1. The van der Waals surface area contributed by atoms with E-state index in [2.05, 4.69) is 24.9 Å². The van der Waals surface area contributed by atoms with E-state index < -0.39 is 0 Å². The SMILES string of the molecule is Cc1cnc(N)c(C(N)C2CCC(C)(C)CC2)c1. The molecule has 1 aliphatic carbocycles. The molecule has 3 heteroatoms. The number of aromatic nitrogens is 1. The number of hydrogen-bond donors (Lipinski definition) is 2. The fourth-order valence-electron chi connectivity index (χ4n) is 2.90. The molecule has 1 saturated carbocycles. The number of rotatable bonds is 2. The molecule has 1 heterocycles. The Labute approximate surface area is 110 Å². The molecular formula is C15H25N3. The van der Waals surface area contributed by atoms with E-state index in [9.17, 15) is 0 Å². The third kappa shape index (κ3) is 2.83. The monoisotopic (exact) mass is 247 g/mol. The summed E-state index contributed by atoms with van der Waals surface area (Å²) in [6.45, 7) is 6.72. The fourth-order valence-corrected chi connectivity index (χ4v) is 2.90. The van der Waals surface area contributed by atoms with Gasteiger partial charge in [0.15, 0.2) is 0 Å². The van der Waals surface area contributed by atoms with Crippen molar-refractivity contribution in [3.05, 3.63) is 23.4 Å².